The number of aliphatic hydroxyl groups is 1. The topological polar surface area (TPSA) is 58.6 Å². The molecule has 0 saturated carbocycles. The minimum atomic E-state index is -0.269. The van der Waals surface area contributed by atoms with Crippen LogP contribution >= 0.6 is 0 Å². The Morgan fingerprint density at radius 3 is 2.50 bits per heavy atom. The molecule has 1 fully saturated rings. The average Bonchev–Trinajstić information content (AvgIpc) is 2.30. The van der Waals surface area contributed by atoms with Crippen molar-refractivity contribution in [2.75, 3.05) is 6.61 Å². The Kier molecular flexibility index (Phi) is 6.00. The average molecular weight is 225 g/mol. The molecule has 1 aliphatic heterocycles. The van der Waals surface area contributed by atoms with E-state index < -0.39 is 0 Å². The Hall–Kier alpha value is -1.71. The van der Waals surface area contributed by atoms with Crippen LogP contribution in [0.15, 0.2) is 35.4 Å². The zero-order valence-electron chi connectivity index (χ0n) is 10.3. The number of amides is 1. The van der Waals surface area contributed by atoms with Crippen LogP contribution in [0.3, 0.4) is 0 Å². The first-order valence-electron chi connectivity index (χ1n) is 5.22. The quantitative estimate of drug-likeness (QED) is 0.674. The lowest BCUT2D eigenvalue weighted by Crippen LogP contribution is -2.35. The number of hydrogen-bond acceptors (Lipinski definition) is 3. The van der Waals surface area contributed by atoms with E-state index >= 15 is 0 Å². The Balaban J connectivity index is 0.00000106. The summed E-state index contributed by atoms with van der Waals surface area (Å²) in [5.74, 6) is 0.225. The fourth-order valence-corrected chi connectivity index (χ4v) is 1.10. The Labute approximate surface area is 96.3 Å². The zero-order valence-corrected chi connectivity index (χ0v) is 10.3. The maximum Gasteiger partial charge on any atom is 0.262 e. The van der Waals surface area contributed by atoms with Gasteiger partial charge in [-0.3, -0.25) is 4.79 Å². The van der Waals surface area contributed by atoms with Gasteiger partial charge >= 0.3 is 0 Å². The second-order valence-corrected chi connectivity index (χ2v) is 3.01. The van der Waals surface area contributed by atoms with Crippen LogP contribution in [-0.4, -0.2) is 17.6 Å². The highest BCUT2D eigenvalue weighted by molar-refractivity contribution is 5.81. The van der Waals surface area contributed by atoms with E-state index in [0.29, 0.717) is 11.5 Å². The van der Waals surface area contributed by atoms with Crippen molar-refractivity contribution in [3.8, 4) is 0 Å². The molecular weight excluding hydrogens is 206 g/mol. The van der Waals surface area contributed by atoms with E-state index in [1.54, 1.807) is 13.0 Å². The molecule has 1 rings (SSSR count). The largest absolute Gasteiger partial charge is 0.510 e. The van der Waals surface area contributed by atoms with E-state index in [4.69, 9.17) is 4.74 Å². The maximum atomic E-state index is 11.0. The first-order chi connectivity index (χ1) is 7.56. The molecule has 1 aliphatic rings. The lowest BCUT2D eigenvalue weighted by atomic mass is 10.1. The second-order valence-electron chi connectivity index (χ2n) is 3.01. The number of allylic oxidation sites excluding steroid dienone is 3. The third-order valence-corrected chi connectivity index (χ3v) is 1.87. The predicted octanol–water partition coefficient (Wildman–Crippen LogP) is 2.41. The number of ether oxygens (including phenoxy) is 1. The van der Waals surface area contributed by atoms with Crippen molar-refractivity contribution in [2.24, 2.45) is 0 Å². The first-order valence-corrected chi connectivity index (χ1v) is 5.22. The van der Waals surface area contributed by atoms with Crippen LogP contribution in [0.2, 0.25) is 0 Å². The molecule has 0 aliphatic carbocycles. The van der Waals surface area contributed by atoms with E-state index in [1.165, 1.54) is 6.92 Å². The summed E-state index contributed by atoms with van der Waals surface area (Å²) in [6.07, 6.45) is 1.61. The number of carbonyl (C=O) groups excluding carboxylic acids is 1. The molecule has 0 aromatic rings. The van der Waals surface area contributed by atoms with Gasteiger partial charge in [-0.1, -0.05) is 26.5 Å². The van der Waals surface area contributed by atoms with Crippen molar-refractivity contribution < 1.29 is 14.6 Å². The number of aliphatic hydroxyl groups excluding tert-OH is 1. The molecule has 90 valence electrons. The summed E-state index contributed by atoms with van der Waals surface area (Å²) < 4.78 is 5.20. The Morgan fingerprint density at radius 2 is 2.06 bits per heavy atom. The molecule has 0 atom stereocenters. The van der Waals surface area contributed by atoms with Crippen LogP contribution in [0, 0.1) is 0 Å². The summed E-state index contributed by atoms with van der Waals surface area (Å²) >= 11 is 0. The minimum Gasteiger partial charge on any atom is -0.510 e. The summed E-state index contributed by atoms with van der Waals surface area (Å²) in [6, 6.07) is 0. The molecule has 0 aromatic heterocycles. The zero-order chi connectivity index (χ0) is 12.7. The number of nitrogens with one attached hydrogen (secondary N) is 1. The van der Waals surface area contributed by atoms with Crippen LogP contribution in [0.4, 0.5) is 0 Å². The molecule has 0 bridgehead atoms. The number of morpholine rings is 1. The standard InChI is InChI=1S/C10H13NO3.C2H6/c1-4-6(2)10-9(7(3)12)11-8(13)5-14-10;1-2/h4,12H,1,5H2,2-3H3,(H,11,13);1-2H3/b9-7-,10-6+;. The number of rotatable bonds is 1. The van der Waals surface area contributed by atoms with Crippen molar-refractivity contribution >= 4 is 5.91 Å². The molecule has 0 aromatic carbocycles. The molecule has 1 saturated heterocycles. The van der Waals surface area contributed by atoms with E-state index in [2.05, 4.69) is 11.9 Å². The van der Waals surface area contributed by atoms with Crippen molar-refractivity contribution in [3.05, 3.63) is 35.4 Å². The Morgan fingerprint density at radius 1 is 1.50 bits per heavy atom. The molecule has 0 spiro atoms. The lowest BCUT2D eigenvalue weighted by molar-refractivity contribution is -0.125. The highest BCUT2D eigenvalue weighted by Crippen LogP contribution is 2.20. The van der Waals surface area contributed by atoms with Crippen LogP contribution < -0.4 is 5.32 Å². The van der Waals surface area contributed by atoms with E-state index in [1.807, 2.05) is 13.8 Å². The van der Waals surface area contributed by atoms with Crippen LogP contribution in [0.25, 0.3) is 0 Å². The van der Waals surface area contributed by atoms with Gasteiger partial charge in [0, 0.05) is 0 Å². The summed E-state index contributed by atoms with van der Waals surface area (Å²) in [5, 5.41) is 11.9. The Bertz CT molecular complexity index is 336. The summed E-state index contributed by atoms with van der Waals surface area (Å²) in [6.45, 7) is 10.8. The van der Waals surface area contributed by atoms with Gasteiger partial charge in [0.15, 0.2) is 6.61 Å². The molecular formula is C12H19NO3. The van der Waals surface area contributed by atoms with Crippen molar-refractivity contribution in [2.45, 2.75) is 27.7 Å². The van der Waals surface area contributed by atoms with Gasteiger partial charge in [-0.2, -0.15) is 0 Å². The smallest absolute Gasteiger partial charge is 0.262 e. The number of carbonyl (C=O) groups is 1. The van der Waals surface area contributed by atoms with Gasteiger partial charge in [0.1, 0.15) is 17.2 Å². The van der Waals surface area contributed by atoms with Crippen molar-refractivity contribution in [1.82, 2.24) is 5.32 Å². The molecule has 1 heterocycles. The molecule has 4 nitrogen and oxygen atoms in total. The first kappa shape index (κ1) is 14.3. The predicted molar refractivity (Wildman–Crippen MR) is 63.7 cm³/mol. The molecule has 16 heavy (non-hydrogen) atoms. The molecule has 4 heteroatoms. The normalized spacial score (nSPS) is 20.9. The second kappa shape index (κ2) is 6.71. The van der Waals surface area contributed by atoms with Gasteiger partial charge in [0.25, 0.3) is 5.91 Å². The van der Waals surface area contributed by atoms with Gasteiger partial charge in [0.2, 0.25) is 0 Å². The van der Waals surface area contributed by atoms with E-state index in [9.17, 15) is 9.90 Å². The SMILES string of the molecule is C=C/C(C)=C1/OCC(=O)N/C1=C(/C)O.CC. The van der Waals surface area contributed by atoms with Crippen molar-refractivity contribution in [3.63, 3.8) is 0 Å². The fraction of sp³-hybridized carbons (Fsp3) is 0.417. The number of hydrogen-bond donors (Lipinski definition) is 2. The van der Waals surface area contributed by atoms with Gasteiger partial charge in [-0.25, -0.2) is 0 Å². The maximum absolute atomic E-state index is 11.0. The van der Waals surface area contributed by atoms with Crippen LogP contribution in [-0.2, 0) is 9.53 Å². The highest BCUT2D eigenvalue weighted by Gasteiger charge is 2.22. The molecule has 0 radical (unpaired) electrons. The minimum absolute atomic E-state index is 0.0225. The fourth-order valence-electron chi connectivity index (χ4n) is 1.10. The summed E-state index contributed by atoms with van der Waals surface area (Å²) in [5.41, 5.74) is 1.09. The monoisotopic (exact) mass is 225 g/mol. The third-order valence-electron chi connectivity index (χ3n) is 1.87. The van der Waals surface area contributed by atoms with Gasteiger partial charge in [-0.15, -0.1) is 0 Å². The molecule has 2 N–H and O–H groups in total. The van der Waals surface area contributed by atoms with Gasteiger partial charge in [0.05, 0.1) is 0 Å². The lowest BCUT2D eigenvalue weighted by Gasteiger charge is -2.22. The summed E-state index contributed by atoms with van der Waals surface area (Å²) in [4.78, 5) is 11.0. The van der Waals surface area contributed by atoms with E-state index in [0.717, 1.165) is 5.57 Å². The third kappa shape index (κ3) is 3.46. The summed E-state index contributed by atoms with van der Waals surface area (Å²) in [7, 11) is 0. The highest BCUT2D eigenvalue weighted by atomic mass is 16.5. The van der Waals surface area contributed by atoms with Crippen LogP contribution in [0.5, 0.6) is 0 Å². The van der Waals surface area contributed by atoms with Gasteiger partial charge < -0.3 is 15.2 Å². The molecule has 1 amide bonds. The van der Waals surface area contributed by atoms with Crippen molar-refractivity contribution in [1.29, 1.82) is 0 Å². The van der Waals surface area contributed by atoms with Crippen LogP contribution in [0.1, 0.15) is 27.7 Å². The molecule has 0 unspecified atom stereocenters. The van der Waals surface area contributed by atoms with E-state index in [-0.39, 0.29) is 18.3 Å². The van der Waals surface area contributed by atoms with Gasteiger partial charge in [-0.05, 0) is 19.4 Å².